The van der Waals surface area contributed by atoms with Gasteiger partial charge in [-0.2, -0.15) is 22.8 Å². The van der Waals surface area contributed by atoms with Crippen LogP contribution < -0.4 is 5.73 Å². The first kappa shape index (κ1) is 12.2. The molecule has 0 aliphatic carbocycles. The minimum Gasteiger partial charge on any atom is -0.327 e. The first-order chi connectivity index (χ1) is 7.91. The van der Waals surface area contributed by atoms with Crippen molar-refractivity contribution in [2.75, 3.05) is 0 Å². The Kier molecular flexibility index (Phi) is 3.04. The van der Waals surface area contributed by atoms with Gasteiger partial charge in [0.25, 0.3) is 5.82 Å². The van der Waals surface area contributed by atoms with Gasteiger partial charge in [-0.25, -0.2) is 0 Å². The molecule has 0 aliphatic rings. The first-order valence-corrected chi connectivity index (χ1v) is 5.77. The third-order valence-corrected chi connectivity index (χ3v) is 3.17. The number of rotatable bonds is 3. The molecule has 2 heterocycles. The summed E-state index contributed by atoms with van der Waals surface area (Å²) in [6, 6.07) is -0.104. The molecule has 5 nitrogen and oxygen atoms in total. The maximum absolute atomic E-state index is 12.5. The van der Waals surface area contributed by atoms with Crippen molar-refractivity contribution in [1.29, 1.82) is 0 Å². The van der Waals surface area contributed by atoms with Crippen molar-refractivity contribution >= 4 is 16.3 Å². The van der Waals surface area contributed by atoms with Crippen LogP contribution in [0, 0.1) is 0 Å². The van der Waals surface area contributed by atoms with Crippen molar-refractivity contribution < 1.29 is 13.2 Å². The first-order valence-electron chi connectivity index (χ1n) is 4.95. The predicted molar refractivity (Wildman–Crippen MR) is 55.6 cm³/mol. The van der Waals surface area contributed by atoms with Gasteiger partial charge in [0, 0.05) is 12.5 Å². The molecule has 0 aliphatic heterocycles. The van der Waals surface area contributed by atoms with Crippen LogP contribution in [0.1, 0.15) is 24.2 Å². The highest BCUT2D eigenvalue weighted by atomic mass is 32.1. The smallest absolute Gasteiger partial charge is 0.327 e. The largest absolute Gasteiger partial charge is 0.453 e. The SMILES string of the molecule is CCC(N)Cc1nn2c(C(F)(F)F)nnc2s1. The van der Waals surface area contributed by atoms with E-state index < -0.39 is 12.0 Å². The van der Waals surface area contributed by atoms with Crippen LogP contribution in [-0.2, 0) is 12.6 Å². The van der Waals surface area contributed by atoms with Gasteiger partial charge >= 0.3 is 6.18 Å². The standard InChI is InChI=1S/C8H10F3N5S/c1-2-4(12)3-5-15-16-6(8(9,10)11)13-14-7(16)17-5/h4H,2-3,12H2,1H3. The Hall–Kier alpha value is -1.22. The van der Waals surface area contributed by atoms with Crippen molar-refractivity contribution in [2.24, 2.45) is 5.73 Å². The molecule has 1 unspecified atom stereocenters. The quantitative estimate of drug-likeness (QED) is 0.912. The van der Waals surface area contributed by atoms with Crippen LogP contribution in [-0.4, -0.2) is 25.9 Å². The molecule has 94 valence electrons. The zero-order chi connectivity index (χ0) is 12.6. The van der Waals surface area contributed by atoms with E-state index in [0.717, 1.165) is 22.3 Å². The zero-order valence-electron chi connectivity index (χ0n) is 8.90. The molecule has 9 heteroatoms. The van der Waals surface area contributed by atoms with Crippen LogP contribution in [0.3, 0.4) is 0 Å². The topological polar surface area (TPSA) is 69.1 Å². The minimum atomic E-state index is -4.54. The Morgan fingerprint density at radius 1 is 1.41 bits per heavy atom. The molecule has 0 fully saturated rings. The molecule has 2 rings (SSSR count). The second kappa shape index (κ2) is 4.22. The molecule has 0 saturated heterocycles. The summed E-state index contributed by atoms with van der Waals surface area (Å²) >= 11 is 1.08. The van der Waals surface area contributed by atoms with Crippen LogP contribution >= 0.6 is 11.3 Å². The number of halogens is 3. The molecule has 0 spiro atoms. The summed E-state index contributed by atoms with van der Waals surface area (Å²) in [5.74, 6) is -1.10. The van der Waals surface area contributed by atoms with E-state index in [1.807, 2.05) is 6.92 Å². The lowest BCUT2D eigenvalue weighted by Gasteiger charge is -2.04. The van der Waals surface area contributed by atoms with E-state index in [9.17, 15) is 13.2 Å². The van der Waals surface area contributed by atoms with E-state index in [2.05, 4.69) is 15.3 Å². The monoisotopic (exact) mass is 265 g/mol. The molecule has 1 atom stereocenters. The van der Waals surface area contributed by atoms with E-state index in [1.165, 1.54) is 0 Å². The van der Waals surface area contributed by atoms with Crippen LogP contribution in [0.5, 0.6) is 0 Å². The van der Waals surface area contributed by atoms with Gasteiger partial charge in [0.1, 0.15) is 5.01 Å². The molecule has 2 aromatic heterocycles. The van der Waals surface area contributed by atoms with E-state index in [4.69, 9.17) is 5.73 Å². The highest BCUT2D eigenvalue weighted by Gasteiger charge is 2.38. The van der Waals surface area contributed by atoms with Gasteiger partial charge in [-0.1, -0.05) is 18.3 Å². The van der Waals surface area contributed by atoms with Gasteiger partial charge in [0.05, 0.1) is 0 Å². The van der Waals surface area contributed by atoms with E-state index in [-0.39, 0.29) is 11.0 Å². The Labute approximate surface area is 98.4 Å². The fraction of sp³-hybridized carbons (Fsp3) is 0.625. The lowest BCUT2D eigenvalue weighted by Crippen LogP contribution is -2.21. The Balaban J connectivity index is 2.35. The summed E-state index contributed by atoms with van der Waals surface area (Å²) in [4.78, 5) is 0.135. The van der Waals surface area contributed by atoms with Gasteiger partial charge < -0.3 is 5.73 Å². The lowest BCUT2D eigenvalue weighted by molar-refractivity contribution is -0.146. The van der Waals surface area contributed by atoms with E-state index in [0.29, 0.717) is 11.4 Å². The van der Waals surface area contributed by atoms with Crippen molar-refractivity contribution in [3.05, 3.63) is 10.8 Å². The van der Waals surface area contributed by atoms with Crippen molar-refractivity contribution in [3.63, 3.8) is 0 Å². The number of nitrogens with two attached hydrogens (primary N) is 1. The molecule has 2 N–H and O–H groups in total. The van der Waals surface area contributed by atoms with Crippen molar-refractivity contribution in [3.8, 4) is 0 Å². The van der Waals surface area contributed by atoms with E-state index >= 15 is 0 Å². The Morgan fingerprint density at radius 3 is 2.71 bits per heavy atom. The number of hydrogen-bond donors (Lipinski definition) is 1. The van der Waals surface area contributed by atoms with Crippen molar-refractivity contribution in [1.82, 2.24) is 19.8 Å². The average Bonchev–Trinajstić information content (AvgIpc) is 2.74. The highest BCUT2D eigenvalue weighted by Crippen LogP contribution is 2.29. The second-order valence-electron chi connectivity index (χ2n) is 3.58. The molecule has 0 saturated carbocycles. The Bertz CT molecular complexity index is 517. The summed E-state index contributed by atoms with van der Waals surface area (Å²) in [5, 5.41) is 10.9. The molecular weight excluding hydrogens is 255 g/mol. The van der Waals surface area contributed by atoms with E-state index in [1.54, 1.807) is 0 Å². The predicted octanol–water partition coefficient (Wildman–Crippen LogP) is 1.48. The molecule has 17 heavy (non-hydrogen) atoms. The normalized spacial score (nSPS) is 14.4. The summed E-state index contributed by atoms with van der Waals surface area (Å²) in [5.41, 5.74) is 5.72. The van der Waals surface area contributed by atoms with Gasteiger partial charge in [0.2, 0.25) is 4.96 Å². The number of hydrogen-bond acceptors (Lipinski definition) is 5. The lowest BCUT2D eigenvalue weighted by atomic mass is 10.2. The summed E-state index contributed by atoms with van der Waals surface area (Å²) in [6.07, 6.45) is -3.36. The number of alkyl halides is 3. The molecule has 0 radical (unpaired) electrons. The summed E-state index contributed by atoms with van der Waals surface area (Å²) in [7, 11) is 0. The van der Waals surface area contributed by atoms with Crippen LogP contribution in [0.4, 0.5) is 13.2 Å². The molecule has 0 amide bonds. The average molecular weight is 265 g/mol. The molecular formula is C8H10F3N5S. The molecule has 0 aromatic carbocycles. The van der Waals surface area contributed by atoms with Gasteiger partial charge in [-0.15, -0.1) is 10.2 Å². The third kappa shape index (κ3) is 2.39. The third-order valence-electron chi connectivity index (χ3n) is 2.25. The maximum Gasteiger partial charge on any atom is 0.453 e. The number of fused-ring (bicyclic) bond motifs is 1. The zero-order valence-corrected chi connectivity index (χ0v) is 9.72. The Morgan fingerprint density at radius 2 is 2.12 bits per heavy atom. The fourth-order valence-electron chi connectivity index (χ4n) is 1.28. The number of nitrogens with zero attached hydrogens (tertiary/aromatic N) is 4. The fourth-order valence-corrected chi connectivity index (χ4v) is 2.21. The van der Waals surface area contributed by atoms with Gasteiger partial charge in [-0.05, 0) is 6.42 Å². The van der Waals surface area contributed by atoms with Gasteiger partial charge in [-0.3, -0.25) is 0 Å². The van der Waals surface area contributed by atoms with Crippen molar-refractivity contribution in [2.45, 2.75) is 32.0 Å². The summed E-state index contributed by atoms with van der Waals surface area (Å²) in [6.45, 7) is 1.91. The summed E-state index contributed by atoms with van der Waals surface area (Å²) < 4.78 is 38.2. The van der Waals surface area contributed by atoms with Crippen LogP contribution in [0.15, 0.2) is 0 Å². The van der Waals surface area contributed by atoms with Crippen LogP contribution in [0.25, 0.3) is 4.96 Å². The molecule has 2 aromatic rings. The minimum absolute atomic E-state index is 0.104. The highest BCUT2D eigenvalue weighted by molar-refractivity contribution is 7.16. The second-order valence-corrected chi connectivity index (χ2v) is 4.62. The molecule has 0 bridgehead atoms. The van der Waals surface area contributed by atoms with Gasteiger partial charge in [0.15, 0.2) is 0 Å². The number of aromatic nitrogens is 4. The maximum atomic E-state index is 12.5. The van der Waals surface area contributed by atoms with Crippen LogP contribution in [0.2, 0.25) is 0 Å².